The Labute approximate surface area is 135 Å². The molecule has 21 heavy (non-hydrogen) atoms. The van der Waals surface area contributed by atoms with Crippen LogP contribution in [-0.2, 0) is 11.2 Å². The van der Waals surface area contributed by atoms with Crippen molar-refractivity contribution in [3.05, 3.63) is 34.3 Å². The Hall–Kier alpha value is -1.07. The maximum atomic E-state index is 12.4. The van der Waals surface area contributed by atoms with Crippen molar-refractivity contribution in [3.8, 4) is 0 Å². The third-order valence-corrected chi connectivity index (χ3v) is 4.17. The predicted molar refractivity (Wildman–Crippen MR) is 87.4 cm³/mol. The van der Waals surface area contributed by atoms with Crippen LogP contribution in [0.2, 0.25) is 0 Å². The van der Waals surface area contributed by atoms with Crippen molar-refractivity contribution in [2.24, 2.45) is 0 Å². The van der Waals surface area contributed by atoms with Crippen LogP contribution in [0, 0.1) is 0 Å². The van der Waals surface area contributed by atoms with Crippen molar-refractivity contribution in [2.45, 2.75) is 38.8 Å². The monoisotopic (exact) mass is 354 g/mol. The van der Waals surface area contributed by atoms with Crippen LogP contribution >= 0.6 is 15.9 Å². The zero-order chi connectivity index (χ0) is 15.5. The molecule has 0 aliphatic carbocycles. The van der Waals surface area contributed by atoms with Crippen molar-refractivity contribution in [3.63, 3.8) is 0 Å². The predicted octanol–water partition coefficient (Wildman–Crippen LogP) is 3.20. The first-order chi connectivity index (χ1) is 9.87. The first-order valence-electron chi connectivity index (χ1n) is 7.30. The van der Waals surface area contributed by atoms with Crippen LogP contribution < -0.4 is 5.32 Å². The number of nitrogens with one attached hydrogen (secondary N) is 1. The summed E-state index contributed by atoms with van der Waals surface area (Å²) in [5, 5.41) is 3.36. The smallest absolute Gasteiger partial charge is 0.410 e. The van der Waals surface area contributed by atoms with Crippen molar-refractivity contribution in [2.75, 3.05) is 19.6 Å². The van der Waals surface area contributed by atoms with Gasteiger partial charge in [-0.15, -0.1) is 0 Å². The summed E-state index contributed by atoms with van der Waals surface area (Å²) in [6, 6.07) is 8.26. The summed E-state index contributed by atoms with van der Waals surface area (Å²) in [5.41, 5.74) is 0.750. The van der Waals surface area contributed by atoms with Crippen LogP contribution in [0.5, 0.6) is 0 Å². The van der Waals surface area contributed by atoms with E-state index in [1.54, 1.807) is 0 Å². The average molecular weight is 355 g/mol. The van der Waals surface area contributed by atoms with E-state index >= 15 is 0 Å². The quantitative estimate of drug-likeness (QED) is 0.886. The highest BCUT2D eigenvalue weighted by Gasteiger charge is 2.30. The molecule has 0 unspecified atom stereocenters. The van der Waals surface area contributed by atoms with Crippen molar-refractivity contribution < 1.29 is 9.53 Å². The summed E-state index contributed by atoms with van der Waals surface area (Å²) in [6.07, 6.45) is 0.592. The van der Waals surface area contributed by atoms with Gasteiger partial charge < -0.3 is 15.0 Å². The van der Waals surface area contributed by atoms with Crippen LogP contribution in [0.25, 0.3) is 0 Å². The van der Waals surface area contributed by atoms with Gasteiger partial charge in [0.25, 0.3) is 0 Å². The lowest BCUT2D eigenvalue weighted by molar-refractivity contribution is 0.0121. The summed E-state index contributed by atoms with van der Waals surface area (Å²) >= 11 is 3.57. The minimum absolute atomic E-state index is 0.118. The van der Waals surface area contributed by atoms with E-state index in [0.717, 1.165) is 24.0 Å². The summed E-state index contributed by atoms with van der Waals surface area (Å²) < 4.78 is 6.61. The minimum Gasteiger partial charge on any atom is -0.444 e. The van der Waals surface area contributed by atoms with Crippen LogP contribution in [0.3, 0.4) is 0 Å². The molecular weight excluding hydrogens is 332 g/mol. The Morgan fingerprint density at radius 1 is 1.43 bits per heavy atom. The number of rotatable bonds is 2. The SMILES string of the molecule is CC(C)(C)OC(=O)N1CCNC[C@@H]1Cc1ccccc1Br. The Kier molecular flexibility index (Phi) is 5.27. The second-order valence-electron chi connectivity index (χ2n) is 6.33. The highest BCUT2D eigenvalue weighted by molar-refractivity contribution is 9.10. The molecule has 4 nitrogen and oxygen atoms in total. The van der Waals surface area contributed by atoms with Gasteiger partial charge in [-0.25, -0.2) is 4.79 Å². The molecule has 1 amide bonds. The van der Waals surface area contributed by atoms with Crippen molar-refractivity contribution in [1.29, 1.82) is 0 Å². The first kappa shape index (κ1) is 16.3. The lowest BCUT2D eigenvalue weighted by Crippen LogP contribution is -2.55. The van der Waals surface area contributed by atoms with Gasteiger partial charge in [0.05, 0.1) is 6.04 Å². The molecule has 0 saturated carbocycles. The van der Waals surface area contributed by atoms with Gasteiger partial charge in [0.2, 0.25) is 0 Å². The number of amides is 1. The highest BCUT2D eigenvalue weighted by atomic mass is 79.9. The Morgan fingerprint density at radius 3 is 2.81 bits per heavy atom. The third-order valence-electron chi connectivity index (χ3n) is 3.39. The lowest BCUT2D eigenvalue weighted by atomic mass is 10.0. The normalized spacial score (nSPS) is 19.4. The number of benzene rings is 1. The second kappa shape index (κ2) is 6.79. The number of nitrogens with zero attached hydrogens (tertiary/aromatic N) is 1. The summed E-state index contributed by atoms with van der Waals surface area (Å²) in [7, 11) is 0. The molecule has 0 spiro atoms. The summed E-state index contributed by atoms with van der Waals surface area (Å²) in [6.45, 7) is 7.98. The van der Waals surface area contributed by atoms with Crippen molar-refractivity contribution >= 4 is 22.0 Å². The van der Waals surface area contributed by atoms with Crippen LogP contribution in [0.15, 0.2) is 28.7 Å². The lowest BCUT2D eigenvalue weighted by Gasteiger charge is -2.37. The zero-order valence-corrected chi connectivity index (χ0v) is 14.4. The Morgan fingerprint density at radius 2 is 2.14 bits per heavy atom. The zero-order valence-electron chi connectivity index (χ0n) is 12.9. The number of ether oxygens (including phenoxy) is 1. The molecule has 1 aromatic rings. The topological polar surface area (TPSA) is 41.6 Å². The number of halogens is 1. The molecule has 1 aliphatic rings. The van der Waals surface area contributed by atoms with Gasteiger partial charge >= 0.3 is 6.09 Å². The van der Waals surface area contributed by atoms with Gasteiger partial charge in [0, 0.05) is 24.1 Å². The van der Waals surface area contributed by atoms with Crippen molar-refractivity contribution in [1.82, 2.24) is 10.2 Å². The summed E-state index contributed by atoms with van der Waals surface area (Å²) in [4.78, 5) is 14.2. The Bertz CT molecular complexity index is 499. The molecule has 1 heterocycles. The molecule has 0 aromatic heterocycles. The molecule has 1 N–H and O–H groups in total. The van der Waals surface area contributed by atoms with Crippen LogP contribution in [0.4, 0.5) is 4.79 Å². The second-order valence-corrected chi connectivity index (χ2v) is 7.18. The largest absolute Gasteiger partial charge is 0.444 e. The van der Waals surface area contributed by atoms with E-state index in [2.05, 4.69) is 27.3 Å². The molecule has 0 bridgehead atoms. The fraction of sp³-hybridized carbons (Fsp3) is 0.562. The first-order valence-corrected chi connectivity index (χ1v) is 8.10. The van der Waals surface area contributed by atoms with Gasteiger partial charge in [-0.05, 0) is 38.8 Å². The van der Waals surface area contributed by atoms with E-state index in [0.29, 0.717) is 6.54 Å². The molecule has 5 heteroatoms. The fourth-order valence-corrected chi connectivity index (χ4v) is 2.87. The Balaban J connectivity index is 2.09. The molecule has 1 saturated heterocycles. The molecule has 1 aromatic carbocycles. The maximum absolute atomic E-state index is 12.4. The maximum Gasteiger partial charge on any atom is 0.410 e. The van der Waals surface area contributed by atoms with Crippen LogP contribution in [0.1, 0.15) is 26.3 Å². The van der Waals surface area contributed by atoms with Gasteiger partial charge in [-0.3, -0.25) is 0 Å². The number of piperazine rings is 1. The molecule has 116 valence electrons. The molecule has 0 radical (unpaired) electrons. The molecule has 2 rings (SSSR count). The standard InChI is InChI=1S/C16H23BrN2O2/c1-16(2,3)21-15(20)19-9-8-18-11-13(19)10-12-6-4-5-7-14(12)17/h4-7,13,18H,8-11H2,1-3H3/t13-/m0/s1. The summed E-state index contributed by atoms with van der Waals surface area (Å²) in [5.74, 6) is 0. The van der Waals surface area contributed by atoms with Gasteiger partial charge in [0.15, 0.2) is 0 Å². The molecule has 1 fully saturated rings. The number of carbonyl (C=O) groups is 1. The minimum atomic E-state index is -0.458. The highest BCUT2D eigenvalue weighted by Crippen LogP contribution is 2.21. The number of hydrogen-bond donors (Lipinski definition) is 1. The average Bonchev–Trinajstić information content (AvgIpc) is 2.40. The van der Waals surface area contributed by atoms with Gasteiger partial charge in [-0.2, -0.15) is 0 Å². The van der Waals surface area contributed by atoms with E-state index in [1.165, 1.54) is 5.56 Å². The van der Waals surface area contributed by atoms with E-state index in [1.807, 2.05) is 43.9 Å². The fourth-order valence-electron chi connectivity index (χ4n) is 2.42. The van der Waals surface area contributed by atoms with E-state index in [9.17, 15) is 4.79 Å². The van der Waals surface area contributed by atoms with Gasteiger partial charge in [0.1, 0.15) is 5.60 Å². The van der Waals surface area contributed by atoms with E-state index in [-0.39, 0.29) is 12.1 Å². The van der Waals surface area contributed by atoms with Gasteiger partial charge in [-0.1, -0.05) is 34.1 Å². The molecular formula is C16H23BrN2O2. The van der Waals surface area contributed by atoms with Crippen LogP contribution in [-0.4, -0.2) is 42.3 Å². The third kappa shape index (κ3) is 4.71. The molecule has 1 atom stereocenters. The number of hydrogen-bond acceptors (Lipinski definition) is 3. The molecule has 1 aliphatic heterocycles. The van der Waals surface area contributed by atoms with E-state index in [4.69, 9.17) is 4.74 Å². The number of carbonyl (C=O) groups excluding carboxylic acids is 1. The van der Waals surface area contributed by atoms with E-state index < -0.39 is 5.60 Å².